The lowest BCUT2D eigenvalue weighted by molar-refractivity contribution is 0.0589. The Labute approximate surface area is 206 Å². The molecule has 186 valence electrons. The Morgan fingerprint density at radius 3 is 1.67 bits per heavy atom. The van der Waals surface area contributed by atoms with Crippen LogP contribution in [0.15, 0.2) is 36.4 Å². The molecule has 3 aromatic carbocycles. The second-order valence-corrected chi connectivity index (χ2v) is 7.46. The molecule has 0 bridgehead atoms. The lowest BCUT2D eigenvalue weighted by Gasteiger charge is -2.22. The van der Waals surface area contributed by atoms with E-state index in [9.17, 15) is 9.59 Å². The van der Waals surface area contributed by atoms with E-state index >= 15 is 0 Å². The number of carbonyl (C=O) groups excluding carboxylic acids is 2. The third kappa shape index (κ3) is 3.86. The van der Waals surface area contributed by atoms with Crippen molar-refractivity contribution in [3.05, 3.63) is 47.5 Å². The number of fused-ring (bicyclic) bond motifs is 2. The van der Waals surface area contributed by atoms with Gasteiger partial charge in [-0.15, -0.1) is 0 Å². The number of aromatic nitrogens is 2. The number of para-hydroxylation sites is 2. The summed E-state index contributed by atoms with van der Waals surface area (Å²) < 4.78 is 32.6. The maximum atomic E-state index is 13.1. The van der Waals surface area contributed by atoms with Gasteiger partial charge in [-0.25, -0.2) is 19.6 Å². The summed E-state index contributed by atoms with van der Waals surface area (Å²) in [4.78, 5) is 35.4. The summed E-state index contributed by atoms with van der Waals surface area (Å²) in [5, 5.41) is 0. The number of methoxy groups -OCH3 is 6. The van der Waals surface area contributed by atoms with Crippen LogP contribution in [0.5, 0.6) is 23.0 Å². The zero-order chi connectivity index (χ0) is 26.0. The fourth-order valence-electron chi connectivity index (χ4n) is 4.12. The summed E-state index contributed by atoms with van der Waals surface area (Å²) in [6.07, 6.45) is 0. The number of hydrogen-bond acceptors (Lipinski definition) is 10. The lowest BCUT2D eigenvalue weighted by Crippen LogP contribution is -2.12. The molecule has 10 nitrogen and oxygen atoms in total. The van der Waals surface area contributed by atoms with E-state index in [0.717, 1.165) is 0 Å². The van der Waals surface area contributed by atoms with Gasteiger partial charge in [0.05, 0.1) is 70.3 Å². The van der Waals surface area contributed by atoms with E-state index < -0.39 is 11.9 Å². The lowest BCUT2D eigenvalue weighted by atomic mass is 9.91. The highest BCUT2D eigenvalue weighted by Gasteiger charge is 2.32. The van der Waals surface area contributed by atoms with E-state index in [1.54, 1.807) is 0 Å². The van der Waals surface area contributed by atoms with Gasteiger partial charge in [0.25, 0.3) is 0 Å². The number of benzene rings is 3. The van der Waals surface area contributed by atoms with Gasteiger partial charge in [-0.2, -0.15) is 0 Å². The summed E-state index contributed by atoms with van der Waals surface area (Å²) in [5.74, 6) is -0.663. The standard InChI is InChI=1S/C26H24N2O8/c1-31-18-12-14(26(30)36-6)20(24(34-4)22(18)32-2)19-13(25(29)35-5)11-17-21(23(19)33-3)28-16-10-8-7-9-15(16)27-17/h7-12H,1-6H3. The van der Waals surface area contributed by atoms with E-state index in [0.29, 0.717) is 22.1 Å². The van der Waals surface area contributed by atoms with Crippen LogP contribution in [-0.2, 0) is 9.47 Å². The van der Waals surface area contributed by atoms with Crippen LogP contribution in [0.2, 0.25) is 0 Å². The smallest absolute Gasteiger partial charge is 0.338 e. The molecule has 0 amide bonds. The van der Waals surface area contributed by atoms with Crippen LogP contribution in [0.25, 0.3) is 33.2 Å². The quantitative estimate of drug-likeness (QED) is 0.276. The van der Waals surface area contributed by atoms with Gasteiger partial charge in [-0.3, -0.25) is 0 Å². The highest BCUT2D eigenvalue weighted by Crippen LogP contribution is 2.51. The molecule has 10 heteroatoms. The fraction of sp³-hybridized carbons (Fsp3) is 0.231. The number of ether oxygens (including phenoxy) is 6. The number of carbonyl (C=O) groups is 2. The minimum absolute atomic E-state index is 0.0450. The number of rotatable bonds is 7. The first-order chi connectivity index (χ1) is 17.4. The molecule has 1 aromatic heterocycles. The molecule has 0 aliphatic rings. The first kappa shape index (κ1) is 24.5. The minimum atomic E-state index is -0.702. The first-order valence-corrected chi connectivity index (χ1v) is 10.7. The maximum absolute atomic E-state index is 13.1. The molecule has 0 atom stereocenters. The van der Waals surface area contributed by atoms with Crippen LogP contribution in [0.4, 0.5) is 0 Å². The van der Waals surface area contributed by atoms with Crippen molar-refractivity contribution in [2.75, 3.05) is 42.7 Å². The van der Waals surface area contributed by atoms with E-state index in [1.165, 1.54) is 54.8 Å². The normalized spacial score (nSPS) is 10.7. The molecule has 0 aliphatic heterocycles. The van der Waals surface area contributed by atoms with Gasteiger partial charge in [-0.1, -0.05) is 12.1 Å². The average molecular weight is 492 g/mol. The minimum Gasteiger partial charge on any atom is -0.494 e. The molecule has 0 fully saturated rings. The molecule has 4 rings (SSSR count). The topological polar surface area (TPSA) is 115 Å². The molecule has 0 spiro atoms. The van der Waals surface area contributed by atoms with Crippen molar-refractivity contribution in [2.45, 2.75) is 0 Å². The Hall–Kier alpha value is -4.60. The third-order valence-electron chi connectivity index (χ3n) is 5.68. The highest BCUT2D eigenvalue weighted by atomic mass is 16.5. The summed E-state index contributed by atoms with van der Waals surface area (Å²) in [7, 11) is 8.18. The Morgan fingerprint density at radius 2 is 1.14 bits per heavy atom. The Morgan fingerprint density at radius 1 is 0.611 bits per heavy atom. The molecule has 0 radical (unpaired) electrons. The van der Waals surface area contributed by atoms with Gasteiger partial charge < -0.3 is 28.4 Å². The molecule has 0 aliphatic carbocycles. The summed E-state index contributed by atoms with van der Waals surface area (Å²) in [5.41, 5.74) is 2.50. The van der Waals surface area contributed by atoms with Crippen molar-refractivity contribution in [3.63, 3.8) is 0 Å². The van der Waals surface area contributed by atoms with Gasteiger partial charge in [-0.05, 0) is 24.3 Å². The average Bonchev–Trinajstić information content (AvgIpc) is 2.92. The van der Waals surface area contributed by atoms with Crippen molar-refractivity contribution >= 4 is 34.0 Å². The molecule has 4 aromatic rings. The van der Waals surface area contributed by atoms with Gasteiger partial charge in [0.1, 0.15) is 5.52 Å². The maximum Gasteiger partial charge on any atom is 0.338 e. The molecule has 0 unspecified atom stereocenters. The zero-order valence-electron chi connectivity index (χ0n) is 20.6. The zero-order valence-corrected chi connectivity index (χ0v) is 20.6. The van der Waals surface area contributed by atoms with Crippen molar-refractivity contribution < 1.29 is 38.0 Å². The number of hydrogen-bond donors (Lipinski definition) is 0. The molecule has 0 saturated carbocycles. The van der Waals surface area contributed by atoms with E-state index in [1.807, 2.05) is 24.3 Å². The molecule has 1 heterocycles. The van der Waals surface area contributed by atoms with Crippen molar-refractivity contribution in [2.24, 2.45) is 0 Å². The molecule has 36 heavy (non-hydrogen) atoms. The van der Waals surface area contributed by atoms with Crippen LogP contribution in [0.1, 0.15) is 20.7 Å². The van der Waals surface area contributed by atoms with E-state index in [2.05, 4.69) is 4.98 Å². The monoisotopic (exact) mass is 492 g/mol. The van der Waals surface area contributed by atoms with Crippen LogP contribution in [0, 0.1) is 0 Å². The Balaban J connectivity index is 2.27. The Bertz CT molecular complexity index is 1500. The predicted molar refractivity (Wildman–Crippen MR) is 131 cm³/mol. The second-order valence-electron chi connectivity index (χ2n) is 7.46. The van der Waals surface area contributed by atoms with E-state index in [4.69, 9.17) is 33.4 Å². The van der Waals surface area contributed by atoms with Gasteiger partial charge in [0.15, 0.2) is 17.2 Å². The van der Waals surface area contributed by atoms with Crippen LogP contribution >= 0.6 is 0 Å². The summed E-state index contributed by atoms with van der Waals surface area (Å²) in [6.45, 7) is 0. The SMILES string of the molecule is COC(=O)c1cc(OC)c(OC)c(OC)c1-c1c(C(=O)OC)cc2nc3ccccc3nc2c1OC. The predicted octanol–water partition coefficient (Wildman–Crippen LogP) is 4.06. The van der Waals surface area contributed by atoms with Crippen LogP contribution < -0.4 is 18.9 Å². The second kappa shape index (κ2) is 9.95. The van der Waals surface area contributed by atoms with Crippen molar-refractivity contribution in [3.8, 4) is 34.1 Å². The molecule has 0 N–H and O–H groups in total. The largest absolute Gasteiger partial charge is 0.494 e. The van der Waals surface area contributed by atoms with Crippen molar-refractivity contribution in [1.82, 2.24) is 9.97 Å². The van der Waals surface area contributed by atoms with Gasteiger partial charge in [0, 0.05) is 11.1 Å². The van der Waals surface area contributed by atoms with Gasteiger partial charge in [0.2, 0.25) is 5.75 Å². The summed E-state index contributed by atoms with van der Waals surface area (Å²) >= 11 is 0. The summed E-state index contributed by atoms with van der Waals surface area (Å²) in [6, 6.07) is 10.3. The Kier molecular flexibility index (Phi) is 6.77. The fourth-order valence-corrected chi connectivity index (χ4v) is 4.12. The van der Waals surface area contributed by atoms with Crippen LogP contribution in [-0.4, -0.2) is 64.6 Å². The van der Waals surface area contributed by atoms with E-state index in [-0.39, 0.29) is 45.3 Å². The highest BCUT2D eigenvalue weighted by molar-refractivity contribution is 6.11. The number of esters is 2. The molecule has 0 saturated heterocycles. The first-order valence-electron chi connectivity index (χ1n) is 10.7. The molecular weight excluding hydrogens is 468 g/mol. The third-order valence-corrected chi connectivity index (χ3v) is 5.68. The van der Waals surface area contributed by atoms with Gasteiger partial charge >= 0.3 is 11.9 Å². The number of nitrogens with zero attached hydrogens (tertiary/aromatic N) is 2. The van der Waals surface area contributed by atoms with Crippen molar-refractivity contribution in [1.29, 1.82) is 0 Å². The molecular formula is C26H24N2O8. The van der Waals surface area contributed by atoms with Crippen LogP contribution in [0.3, 0.4) is 0 Å².